The molecule has 2 aliphatic heterocycles. The van der Waals surface area contributed by atoms with Gasteiger partial charge in [0.05, 0.1) is 0 Å². The van der Waals surface area contributed by atoms with Crippen LogP contribution in [0.2, 0.25) is 5.02 Å². The normalized spacial score (nSPS) is 23.1. The molecule has 138 valence electrons. The first kappa shape index (κ1) is 18.7. The molecule has 3 rings (SSSR count). The van der Waals surface area contributed by atoms with Gasteiger partial charge < -0.3 is 9.64 Å². The fourth-order valence-corrected chi connectivity index (χ4v) is 4.49. The van der Waals surface area contributed by atoms with Gasteiger partial charge in [0.25, 0.3) is 0 Å². The predicted molar refractivity (Wildman–Crippen MR) is 101 cm³/mol. The van der Waals surface area contributed by atoms with Gasteiger partial charge in [-0.2, -0.15) is 0 Å². The molecule has 2 fully saturated rings. The highest BCUT2D eigenvalue weighted by atomic mass is 35.5. The molecule has 1 unspecified atom stereocenters. The van der Waals surface area contributed by atoms with Gasteiger partial charge in [-0.05, 0) is 51.3 Å². The lowest BCUT2D eigenvalue weighted by molar-refractivity contribution is -0.151. The molecule has 5 heteroatoms. The molecule has 2 heterocycles. The van der Waals surface area contributed by atoms with Crippen LogP contribution < -0.4 is 0 Å². The molecule has 0 saturated carbocycles. The minimum atomic E-state index is 0.125. The molecule has 1 atom stereocenters. The summed E-state index contributed by atoms with van der Waals surface area (Å²) >= 11 is 6.08. The fourth-order valence-electron chi connectivity index (χ4n) is 4.37. The van der Waals surface area contributed by atoms with Gasteiger partial charge in [0.15, 0.2) is 0 Å². The van der Waals surface area contributed by atoms with Crippen molar-refractivity contribution in [2.45, 2.75) is 45.7 Å². The molecule has 4 nitrogen and oxygen atoms in total. The number of nitrogens with zero attached hydrogens (tertiary/aromatic N) is 2. The van der Waals surface area contributed by atoms with Gasteiger partial charge >= 0.3 is 0 Å². The molecule has 1 aromatic rings. The number of carbonyl (C=O) groups is 1. The Balaban J connectivity index is 1.71. The van der Waals surface area contributed by atoms with Crippen LogP contribution >= 0.6 is 11.6 Å². The molecule has 1 aromatic carbocycles. The van der Waals surface area contributed by atoms with E-state index in [2.05, 4.69) is 30.9 Å². The second kappa shape index (κ2) is 7.65. The molecule has 2 aliphatic rings. The van der Waals surface area contributed by atoms with E-state index in [4.69, 9.17) is 16.3 Å². The maximum Gasteiger partial charge on any atom is 0.248 e. The Bertz CT molecular complexity index is 594. The number of amides is 1. The molecule has 0 aromatic heterocycles. The highest BCUT2D eigenvalue weighted by Crippen LogP contribution is 2.55. The third kappa shape index (κ3) is 3.71. The average molecular weight is 365 g/mol. The van der Waals surface area contributed by atoms with E-state index in [-0.39, 0.29) is 17.9 Å². The van der Waals surface area contributed by atoms with Crippen molar-refractivity contribution in [1.29, 1.82) is 0 Å². The molecule has 1 amide bonds. The van der Waals surface area contributed by atoms with E-state index < -0.39 is 0 Å². The van der Waals surface area contributed by atoms with Gasteiger partial charge in [0, 0.05) is 48.8 Å². The van der Waals surface area contributed by atoms with E-state index in [0.717, 1.165) is 37.5 Å². The molecule has 0 N–H and O–H groups in total. The summed E-state index contributed by atoms with van der Waals surface area (Å²) in [6.07, 6.45) is 2.11. The van der Waals surface area contributed by atoms with E-state index in [1.54, 1.807) is 0 Å². The summed E-state index contributed by atoms with van der Waals surface area (Å²) < 4.78 is 5.28. The van der Waals surface area contributed by atoms with Crippen molar-refractivity contribution in [2.24, 2.45) is 5.41 Å². The summed E-state index contributed by atoms with van der Waals surface area (Å²) in [6.45, 7) is 10.0. The van der Waals surface area contributed by atoms with Gasteiger partial charge in [0.2, 0.25) is 5.91 Å². The Labute approximate surface area is 156 Å². The Morgan fingerprint density at radius 2 is 1.92 bits per heavy atom. The maximum absolute atomic E-state index is 12.2. The van der Waals surface area contributed by atoms with Crippen LogP contribution in [-0.4, -0.2) is 54.6 Å². The minimum absolute atomic E-state index is 0.125. The van der Waals surface area contributed by atoms with Crippen molar-refractivity contribution >= 4 is 17.5 Å². The summed E-state index contributed by atoms with van der Waals surface area (Å²) in [7, 11) is 0. The van der Waals surface area contributed by atoms with Crippen molar-refractivity contribution in [1.82, 2.24) is 9.80 Å². The van der Waals surface area contributed by atoms with Gasteiger partial charge in [-0.25, -0.2) is 0 Å². The van der Waals surface area contributed by atoms with Crippen LogP contribution in [0.3, 0.4) is 0 Å². The third-order valence-electron chi connectivity index (χ3n) is 5.80. The molecular weight excluding hydrogens is 336 g/mol. The highest BCUT2D eigenvalue weighted by molar-refractivity contribution is 6.30. The van der Waals surface area contributed by atoms with Crippen molar-refractivity contribution < 1.29 is 9.53 Å². The van der Waals surface area contributed by atoms with Crippen LogP contribution in [0.15, 0.2) is 24.3 Å². The summed E-state index contributed by atoms with van der Waals surface area (Å²) in [5.74, 6) is 0.125. The molecule has 0 aliphatic carbocycles. The Kier molecular flexibility index (Phi) is 5.71. The van der Waals surface area contributed by atoms with E-state index in [1.165, 1.54) is 5.56 Å². The van der Waals surface area contributed by atoms with Crippen LogP contribution in [0.4, 0.5) is 0 Å². The van der Waals surface area contributed by atoms with Crippen LogP contribution in [0.5, 0.6) is 0 Å². The molecular formula is C20H29ClN2O2. The minimum Gasteiger partial charge on any atom is -0.372 e. The maximum atomic E-state index is 12.2. The van der Waals surface area contributed by atoms with Crippen LogP contribution in [0.1, 0.15) is 45.2 Å². The number of rotatable bonds is 5. The van der Waals surface area contributed by atoms with Gasteiger partial charge in [-0.15, -0.1) is 0 Å². The summed E-state index contributed by atoms with van der Waals surface area (Å²) in [4.78, 5) is 16.8. The van der Waals surface area contributed by atoms with Crippen molar-refractivity contribution in [3.8, 4) is 0 Å². The monoisotopic (exact) mass is 364 g/mol. The van der Waals surface area contributed by atoms with Gasteiger partial charge in [-0.3, -0.25) is 9.69 Å². The number of ether oxygens (including phenoxy) is 1. The summed E-state index contributed by atoms with van der Waals surface area (Å²) in [5.41, 5.74) is 1.62. The zero-order valence-corrected chi connectivity index (χ0v) is 16.3. The molecule has 25 heavy (non-hydrogen) atoms. The lowest BCUT2D eigenvalue weighted by atomic mass is 9.62. The first-order chi connectivity index (χ1) is 12.0. The number of hydrogen-bond donors (Lipinski definition) is 0. The topological polar surface area (TPSA) is 32.8 Å². The lowest BCUT2D eigenvalue weighted by Gasteiger charge is -2.62. The van der Waals surface area contributed by atoms with Crippen molar-refractivity contribution in [3.05, 3.63) is 34.9 Å². The fraction of sp³-hybridized carbons (Fsp3) is 0.650. The van der Waals surface area contributed by atoms with E-state index in [1.807, 2.05) is 24.0 Å². The number of likely N-dealkylation sites (tertiary alicyclic amines) is 2. The van der Waals surface area contributed by atoms with E-state index in [9.17, 15) is 4.79 Å². The van der Waals surface area contributed by atoms with Gasteiger partial charge in [-0.1, -0.05) is 23.7 Å². The SMILES string of the molecule is CCOCC(=O)N1CCC2(CC1)CN(C(C)C)C2c1ccc(Cl)cc1. The third-order valence-corrected chi connectivity index (χ3v) is 6.05. The van der Waals surface area contributed by atoms with Gasteiger partial charge in [0.1, 0.15) is 6.61 Å². The molecule has 0 bridgehead atoms. The number of halogens is 1. The molecule has 1 spiro atoms. The summed E-state index contributed by atoms with van der Waals surface area (Å²) in [6, 6.07) is 9.24. The van der Waals surface area contributed by atoms with Crippen molar-refractivity contribution in [2.75, 3.05) is 32.8 Å². The zero-order chi connectivity index (χ0) is 18.0. The van der Waals surface area contributed by atoms with Crippen LogP contribution in [0, 0.1) is 5.41 Å². The van der Waals surface area contributed by atoms with Crippen LogP contribution in [0.25, 0.3) is 0 Å². The quantitative estimate of drug-likeness (QED) is 0.797. The van der Waals surface area contributed by atoms with Crippen molar-refractivity contribution in [3.63, 3.8) is 0 Å². The predicted octanol–water partition coefficient (Wildman–Crippen LogP) is 3.75. The Morgan fingerprint density at radius 3 is 2.48 bits per heavy atom. The first-order valence-corrected chi connectivity index (χ1v) is 9.71. The lowest BCUT2D eigenvalue weighted by Crippen LogP contribution is -2.64. The second-order valence-corrected chi connectivity index (χ2v) is 8.04. The summed E-state index contributed by atoms with van der Waals surface area (Å²) in [5, 5.41) is 0.782. The zero-order valence-electron chi connectivity index (χ0n) is 15.5. The average Bonchev–Trinajstić information content (AvgIpc) is 2.59. The van der Waals surface area contributed by atoms with E-state index in [0.29, 0.717) is 18.7 Å². The Hall–Kier alpha value is -1.10. The Morgan fingerprint density at radius 1 is 1.28 bits per heavy atom. The second-order valence-electron chi connectivity index (χ2n) is 7.60. The standard InChI is InChI=1S/C20H29ClN2O2/c1-4-25-13-18(24)22-11-9-20(10-12-22)14-23(15(2)3)19(20)16-5-7-17(21)8-6-16/h5-8,15,19H,4,9-14H2,1-3H3. The molecule has 2 saturated heterocycles. The number of carbonyl (C=O) groups excluding carboxylic acids is 1. The number of benzene rings is 1. The number of piperidine rings is 1. The first-order valence-electron chi connectivity index (χ1n) is 9.33. The molecule has 0 radical (unpaired) electrons. The van der Waals surface area contributed by atoms with E-state index >= 15 is 0 Å². The largest absolute Gasteiger partial charge is 0.372 e. The highest BCUT2D eigenvalue weighted by Gasteiger charge is 2.54. The number of hydrogen-bond acceptors (Lipinski definition) is 3. The smallest absolute Gasteiger partial charge is 0.248 e. The van der Waals surface area contributed by atoms with Crippen LogP contribution in [-0.2, 0) is 9.53 Å².